The van der Waals surface area contributed by atoms with Gasteiger partial charge in [0.05, 0.1) is 20.1 Å². The second-order valence-corrected chi connectivity index (χ2v) is 4.13. The third kappa shape index (κ3) is 4.65. The molecule has 1 aromatic carbocycles. The van der Waals surface area contributed by atoms with E-state index in [0.717, 1.165) is 6.42 Å². The third-order valence-corrected chi connectivity index (χ3v) is 2.68. The fourth-order valence-electron chi connectivity index (χ4n) is 1.44. The van der Waals surface area contributed by atoms with Crippen LogP contribution in [0.15, 0.2) is 24.3 Å². The van der Waals surface area contributed by atoms with Crippen LogP contribution in [0.3, 0.4) is 0 Å². The molecular formula is C14H21NO3. The van der Waals surface area contributed by atoms with Crippen molar-refractivity contribution in [2.45, 2.75) is 32.7 Å². The van der Waals surface area contributed by atoms with E-state index in [4.69, 9.17) is 9.47 Å². The van der Waals surface area contributed by atoms with Crippen molar-refractivity contribution in [3.8, 4) is 11.5 Å². The summed E-state index contributed by atoms with van der Waals surface area (Å²) in [7, 11) is 1.60. The smallest absolute Gasteiger partial charge is 0.223 e. The lowest BCUT2D eigenvalue weighted by Crippen LogP contribution is -2.32. The maximum atomic E-state index is 11.5. The Morgan fingerprint density at radius 1 is 1.33 bits per heavy atom. The fourth-order valence-corrected chi connectivity index (χ4v) is 1.44. The van der Waals surface area contributed by atoms with Gasteiger partial charge in [-0.05, 0) is 25.5 Å². The lowest BCUT2D eigenvalue weighted by atomic mass is 10.2. The van der Waals surface area contributed by atoms with Crippen molar-refractivity contribution in [3.05, 3.63) is 24.3 Å². The number of amides is 1. The average molecular weight is 251 g/mol. The van der Waals surface area contributed by atoms with Crippen molar-refractivity contribution in [1.82, 2.24) is 5.32 Å². The Kier molecular flexibility index (Phi) is 6.05. The van der Waals surface area contributed by atoms with Gasteiger partial charge in [0.1, 0.15) is 0 Å². The van der Waals surface area contributed by atoms with Crippen LogP contribution in [0, 0.1) is 0 Å². The number of ether oxygens (including phenoxy) is 2. The molecule has 0 saturated carbocycles. The predicted octanol–water partition coefficient (Wildman–Crippen LogP) is 2.38. The molecule has 0 aliphatic heterocycles. The van der Waals surface area contributed by atoms with Crippen LogP contribution in [0.5, 0.6) is 11.5 Å². The molecule has 0 radical (unpaired) electrons. The number of benzene rings is 1. The van der Waals surface area contributed by atoms with Gasteiger partial charge in [-0.2, -0.15) is 0 Å². The summed E-state index contributed by atoms with van der Waals surface area (Å²) in [5.74, 6) is 1.36. The van der Waals surface area contributed by atoms with E-state index in [9.17, 15) is 4.79 Å². The molecule has 1 N–H and O–H groups in total. The predicted molar refractivity (Wildman–Crippen MR) is 71.0 cm³/mol. The first-order valence-electron chi connectivity index (χ1n) is 6.22. The summed E-state index contributed by atoms with van der Waals surface area (Å²) in [6.45, 7) is 4.37. The van der Waals surface area contributed by atoms with Gasteiger partial charge >= 0.3 is 0 Å². The van der Waals surface area contributed by atoms with Gasteiger partial charge in [0.25, 0.3) is 0 Å². The number of rotatable bonds is 7. The first kappa shape index (κ1) is 14.4. The second-order valence-electron chi connectivity index (χ2n) is 4.13. The minimum absolute atomic E-state index is 0.0132. The van der Waals surface area contributed by atoms with Crippen LogP contribution in [0.2, 0.25) is 0 Å². The van der Waals surface area contributed by atoms with Gasteiger partial charge in [-0.1, -0.05) is 19.1 Å². The van der Waals surface area contributed by atoms with Crippen molar-refractivity contribution < 1.29 is 14.3 Å². The second kappa shape index (κ2) is 7.58. The molecule has 1 unspecified atom stereocenters. The molecule has 1 amide bonds. The zero-order chi connectivity index (χ0) is 13.4. The topological polar surface area (TPSA) is 47.6 Å². The quantitative estimate of drug-likeness (QED) is 0.809. The van der Waals surface area contributed by atoms with Crippen LogP contribution in [0.1, 0.15) is 26.7 Å². The number of hydrogen-bond acceptors (Lipinski definition) is 3. The maximum Gasteiger partial charge on any atom is 0.223 e. The SMILES string of the molecule is CCC(C)NC(=O)CCOc1ccccc1OC. The normalized spacial score (nSPS) is 11.7. The van der Waals surface area contributed by atoms with E-state index in [2.05, 4.69) is 5.32 Å². The molecule has 4 heteroatoms. The molecule has 1 aromatic rings. The molecule has 0 aliphatic rings. The molecule has 100 valence electrons. The van der Waals surface area contributed by atoms with Gasteiger partial charge in [0.15, 0.2) is 11.5 Å². The number of nitrogens with one attached hydrogen (secondary N) is 1. The van der Waals surface area contributed by atoms with E-state index in [1.165, 1.54) is 0 Å². The van der Waals surface area contributed by atoms with Gasteiger partial charge in [-0.3, -0.25) is 4.79 Å². The first-order valence-corrected chi connectivity index (χ1v) is 6.22. The van der Waals surface area contributed by atoms with Crippen molar-refractivity contribution in [2.24, 2.45) is 0 Å². The highest BCUT2D eigenvalue weighted by Gasteiger charge is 2.07. The molecule has 0 saturated heterocycles. The van der Waals surface area contributed by atoms with E-state index in [1.54, 1.807) is 7.11 Å². The van der Waals surface area contributed by atoms with Gasteiger partial charge in [-0.25, -0.2) is 0 Å². The average Bonchev–Trinajstić information content (AvgIpc) is 2.39. The van der Waals surface area contributed by atoms with E-state index >= 15 is 0 Å². The molecular weight excluding hydrogens is 230 g/mol. The van der Waals surface area contributed by atoms with Gasteiger partial charge in [0.2, 0.25) is 5.91 Å². The van der Waals surface area contributed by atoms with E-state index < -0.39 is 0 Å². The molecule has 1 rings (SSSR count). The Bertz CT molecular complexity index is 379. The summed E-state index contributed by atoms with van der Waals surface area (Å²) in [4.78, 5) is 11.5. The molecule has 0 aromatic heterocycles. The summed E-state index contributed by atoms with van der Waals surface area (Å²) < 4.78 is 10.7. The van der Waals surface area contributed by atoms with Crippen LogP contribution in [-0.4, -0.2) is 25.7 Å². The van der Waals surface area contributed by atoms with E-state index in [1.807, 2.05) is 38.1 Å². The van der Waals surface area contributed by atoms with Crippen LogP contribution in [0.4, 0.5) is 0 Å². The summed E-state index contributed by atoms with van der Waals surface area (Å²) in [6, 6.07) is 7.61. The Morgan fingerprint density at radius 3 is 2.61 bits per heavy atom. The minimum atomic E-state index is 0.0132. The Hall–Kier alpha value is -1.71. The van der Waals surface area contributed by atoms with Crippen molar-refractivity contribution in [2.75, 3.05) is 13.7 Å². The summed E-state index contributed by atoms with van der Waals surface area (Å²) in [5.41, 5.74) is 0. The Labute approximate surface area is 108 Å². The lowest BCUT2D eigenvalue weighted by molar-refractivity contribution is -0.122. The zero-order valence-corrected chi connectivity index (χ0v) is 11.2. The molecule has 0 fully saturated rings. The molecule has 0 spiro atoms. The highest BCUT2D eigenvalue weighted by atomic mass is 16.5. The van der Waals surface area contributed by atoms with Gasteiger partial charge in [-0.15, -0.1) is 0 Å². The summed E-state index contributed by atoms with van der Waals surface area (Å²) >= 11 is 0. The van der Waals surface area contributed by atoms with Crippen molar-refractivity contribution in [1.29, 1.82) is 0 Å². The molecule has 4 nitrogen and oxygen atoms in total. The zero-order valence-electron chi connectivity index (χ0n) is 11.2. The number of para-hydroxylation sites is 2. The maximum absolute atomic E-state index is 11.5. The molecule has 0 bridgehead atoms. The lowest BCUT2D eigenvalue weighted by Gasteiger charge is -2.12. The molecule has 0 heterocycles. The van der Waals surface area contributed by atoms with E-state index in [-0.39, 0.29) is 11.9 Å². The number of carbonyl (C=O) groups is 1. The summed E-state index contributed by atoms with van der Waals surface area (Å²) in [6.07, 6.45) is 1.28. The summed E-state index contributed by atoms with van der Waals surface area (Å²) in [5, 5.41) is 2.89. The number of carbonyl (C=O) groups excluding carboxylic acids is 1. The minimum Gasteiger partial charge on any atom is -0.493 e. The van der Waals surface area contributed by atoms with Gasteiger partial charge < -0.3 is 14.8 Å². The van der Waals surface area contributed by atoms with Crippen LogP contribution in [-0.2, 0) is 4.79 Å². The molecule has 18 heavy (non-hydrogen) atoms. The largest absolute Gasteiger partial charge is 0.493 e. The highest BCUT2D eigenvalue weighted by Crippen LogP contribution is 2.25. The monoisotopic (exact) mass is 251 g/mol. The van der Waals surface area contributed by atoms with Crippen molar-refractivity contribution in [3.63, 3.8) is 0 Å². The third-order valence-electron chi connectivity index (χ3n) is 2.68. The Balaban J connectivity index is 2.35. The van der Waals surface area contributed by atoms with E-state index in [0.29, 0.717) is 24.5 Å². The molecule has 0 aliphatic carbocycles. The van der Waals surface area contributed by atoms with Crippen molar-refractivity contribution >= 4 is 5.91 Å². The van der Waals surface area contributed by atoms with Crippen LogP contribution >= 0.6 is 0 Å². The Morgan fingerprint density at radius 2 is 2.00 bits per heavy atom. The fraction of sp³-hybridized carbons (Fsp3) is 0.500. The van der Waals surface area contributed by atoms with Crippen LogP contribution < -0.4 is 14.8 Å². The highest BCUT2D eigenvalue weighted by molar-refractivity contribution is 5.76. The van der Waals surface area contributed by atoms with Crippen LogP contribution in [0.25, 0.3) is 0 Å². The number of methoxy groups -OCH3 is 1. The standard InChI is InChI=1S/C14H21NO3/c1-4-11(2)15-14(16)9-10-18-13-8-6-5-7-12(13)17-3/h5-8,11H,4,9-10H2,1-3H3,(H,15,16). The first-order chi connectivity index (χ1) is 8.67. The van der Waals surface area contributed by atoms with Gasteiger partial charge in [0, 0.05) is 6.04 Å². The molecule has 1 atom stereocenters. The number of hydrogen-bond donors (Lipinski definition) is 1.